The van der Waals surface area contributed by atoms with Crippen LogP contribution in [0.4, 0.5) is 0 Å². The number of pyridine rings is 1. The smallest absolute Gasteiger partial charge is 0.273 e. The molecule has 0 aliphatic rings. The van der Waals surface area contributed by atoms with E-state index in [0.29, 0.717) is 5.02 Å². The van der Waals surface area contributed by atoms with Crippen molar-refractivity contribution >= 4 is 34.8 Å². The van der Waals surface area contributed by atoms with Gasteiger partial charge in [-0.1, -0.05) is 34.8 Å². The van der Waals surface area contributed by atoms with Crippen molar-refractivity contribution in [1.29, 1.82) is 0 Å². The third-order valence-electron chi connectivity index (χ3n) is 2.14. The predicted octanol–water partition coefficient (Wildman–Crippen LogP) is 2.65. The summed E-state index contributed by atoms with van der Waals surface area (Å²) in [6.07, 6.45) is 4.43. The monoisotopic (exact) mass is 289 g/mol. The third kappa shape index (κ3) is 2.60. The van der Waals surface area contributed by atoms with Gasteiger partial charge in [0.15, 0.2) is 5.15 Å². The van der Waals surface area contributed by atoms with Gasteiger partial charge in [-0.05, 0) is 11.6 Å². The summed E-state index contributed by atoms with van der Waals surface area (Å²) in [6, 6.07) is 1.72. The molecule has 0 N–H and O–H groups in total. The summed E-state index contributed by atoms with van der Waals surface area (Å²) in [5, 5.41) is 0.374. The minimum atomic E-state index is -0.403. The Balaban J connectivity index is 2.41. The predicted molar refractivity (Wildman–Crippen MR) is 66.9 cm³/mol. The maximum Gasteiger partial charge on any atom is 0.273 e. The molecule has 7 heteroatoms. The molecule has 17 heavy (non-hydrogen) atoms. The lowest BCUT2D eigenvalue weighted by Gasteiger charge is -2.07. The average molecular weight is 291 g/mol. The largest absolute Gasteiger partial charge is 0.293 e. The van der Waals surface area contributed by atoms with Crippen LogP contribution in [0.15, 0.2) is 29.6 Å². The zero-order valence-corrected chi connectivity index (χ0v) is 10.7. The Hall–Kier alpha value is -1.10. The number of halogens is 3. The Morgan fingerprint density at radius 2 is 2.06 bits per heavy atom. The lowest BCUT2D eigenvalue weighted by molar-refractivity contribution is 0.735. The first kappa shape index (κ1) is 12.4. The summed E-state index contributed by atoms with van der Waals surface area (Å²) in [4.78, 5) is 19.4. The number of aromatic nitrogens is 3. The summed E-state index contributed by atoms with van der Waals surface area (Å²) in [5.41, 5.74) is 0.350. The van der Waals surface area contributed by atoms with Crippen molar-refractivity contribution in [2.45, 2.75) is 6.54 Å². The molecule has 0 saturated carbocycles. The molecule has 0 unspecified atom stereocenters. The Morgan fingerprint density at radius 3 is 2.76 bits per heavy atom. The minimum Gasteiger partial charge on any atom is -0.293 e. The van der Waals surface area contributed by atoms with Crippen LogP contribution < -0.4 is 5.56 Å². The van der Waals surface area contributed by atoms with Crippen LogP contribution in [0.2, 0.25) is 15.2 Å². The van der Waals surface area contributed by atoms with Crippen LogP contribution >= 0.6 is 34.8 Å². The standard InChI is InChI=1S/C10H6Cl3N3O/c11-7-3-14-2-1-6(7)4-16-5-15-9(13)8(12)10(16)17/h1-3,5H,4H2. The van der Waals surface area contributed by atoms with E-state index in [-0.39, 0.29) is 16.7 Å². The molecular formula is C10H6Cl3N3O. The quantitative estimate of drug-likeness (QED) is 0.799. The van der Waals surface area contributed by atoms with E-state index in [4.69, 9.17) is 34.8 Å². The lowest BCUT2D eigenvalue weighted by Crippen LogP contribution is -2.21. The molecular weight excluding hydrogens is 284 g/mol. The van der Waals surface area contributed by atoms with Crippen LogP contribution in [0.1, 0.15) is 5.56 Å². The second-order valence-corrected chi connectivity index (χ2v) is 4.39. The first-order valence-electron chi connectivity index (χ1n) is 4.58. The van der Waals surface area contributed by atoms with E-state index in [2.05, 4.69) is 9.97 Å². The molecule has 0 amide bonds. The normalized spacial score (nSPS) is 10.5. The third-order valence-corrected chi connectivity index (χ3v) is 3.20. The van der Waals surface area contributed by atoms with Crippen molar-refractivity contribution < 1.29 is 0 Å². The van der Waals surface area contributed by atoms with Crippen molar-refractivity contribution in [3.8, 4) is 0 Å². The molecule has 88 valence electrons. The van der Waals surface area contributed by atoms with Crippen LogP contribution in [0, 0.1) is 0 Å². The number of hydrogen-bond donors (Lipinski definition) is 0. The highest BCUT2D eigenvalue weighted by molar-refractivity contribution is 6.40. The molecule has 0 atom stereocenters. The van der Waals surface area contributed by atoms with Gasteiger partial charge in [-0.15, -0.1) is 0 Å². The van der Waals surface area contributed by atoms with Gasteiger partial charge in [0.1, 0.15) is 5.02 Å². The lowest BCUT2D eigenvalue weighted by atomic mass is 10.2. The molecule has 0 saturated heterocycles. The molecule has 2 rings (SSSR count). The highest BCUT2D eigenvalue weighted by Gasteiger charge is 2.08. The molecule has 4 nitrogen and oxygen atoms in total. The number of nitrogens with zero attached hydrogens (tertiary/aromatic N) is 3. The molecule has 0 aliphatic carbocycles. The fourth-order valence-electron chi connectivity index (χ4n) is 1.27. The van der Waals surface area contributed by atoms with Gasteiger partial charge in [-0.2, -0.15) is 0 Å². The second kappa shape index (κ2) is 5.04. The zero-order valence-electron chi connectivity index (χ0n) is 8.40. The van der Waals surface area contributed by atoms with Crippen molar-refractivity contribution in [2.75, 3.05) is 0 Å². The van der Waals surface area contributed by atoms with Crippen LogP contribution in [-0.2, 0) is 6.54 Å². The minimum absolute atomic E-state index is 0.00579. The first-order chi connectivity index (χ1) is 8.09. The summed E-state index contributed by atoms with van der Waals surface area (Å²) in [6.45, 7) is 0.268. The average Bonchev–Trinajstić information content (AvgIpc) is 2.32. The topological polar surface area (TPSA) is 47.8 Å². The van der Waals surface area contributed by atoms with E-state index in [1.165, 1.54) is 17.1 Å². The van der Waals surface area contributed by atoms with Gasteiger partial charge in [0.25, 0.3) is 5.56 Å². The summed E-state index contributed by atoms with van der Waals surface area (Å²) >= 11 is 17.3. The van der Waals surface area contributed by atoms with E-state index in [9.17, 15) is 4.79 Å². The van der Waals surface area contributed by atoms with Crippen LogP contribution in [0.5, 0.6) is 0 Å². The van der Waals surface area contributed by atoms with E-state index in [0.717, 1.165) is 5.56 Å². The molecule has 0 spiro atoms. The number of hydrogen-bond acceptors (Lipinski definition) is 3. The van der Waals surface area contributed by atoms with E-state index >= 15 is 0 Å². The Kier molecular flexibility index (Phi) is 3.66. The SMILES string of the molecule is O=c1c(Cl)c(Cl)ncn1Cc1ccncc1Cl. The fourth-order valence-corrected chi connectivity index (χ4v) is 1.73. The molecule has 0 bridgehead atoms. The van der Waals surface area contributed by atoms with E-state index in [1.807, 2.05) is 0 Å². The van der Waals surface area contributed by atoms with Crippen LogP contribution in [0.3, 0.4) is 0 Å². The van der Waals surface area contributed by atoms with Crippen molar-refractivity contribution in [3.63, 3.8) is 0 Å². The maximum atomic E-state index is 11.8. The highest BCUT2D eigenvalue weighted by Crippen LogP contribution is 2.16. The first-order valence-corrected chi connectivity index (χ1v) is 5.72. The molecule has 2 heterocycles. The van der Waals surface area contributed by atoms with Crippen LogP contribution in [0.25, 0.3) is 0 Å². The van der Waals surface area contributed by atoms with E-state index < -0.39 is 5.56 Å². The second-order valence-electron chi connectivity index (χ2n) is 3.25. The zero-order chi connectivity index (χ0) is 12.4. The van der Waals surface area contributed by atoms with Gasteiger partial charge < -0.3 is 0 Å². The van der Waals surface area contributed by atoms with Gasteiger partial charge in [-0.3, -0.25) is 14.3 Å². The molecule has 0 radical (unpaired) electrons. The molecule has 0 aliphatic heterocycles. The van der Waals surface area contributed by atoms with E-state index in [1.54, 1.807) is 12.3 Å². The van der Waals surface area contributed by atoms with Crippen LogP contribution in [-0.4, -0.2) is 14.5 Å². The van der Waals surface area contributed by atoms with Gasteiger partial charge in [0.05, 0.1) is 17.9 Å². The highest BCUT2D eigenvalue weighted by atomic mass is 35.5. The van der Waals surface area contributed by atoms with Gasteiger partial charge in [0.2, 0.25) is 0 Å². The summed E-state index contributed by atoms with van der Waals surface area (Å²) in [5.74, 6) is 0. The van der Waals surface area contributed by atoms with Crippen molar-refractivity contribution in [2.24, 2.45) is 0 Å². The molecule has 2 aromatic heterocycles. The van der Waals surface area contributed by atoms with Crippen molar-refractivity contribution in [1.82, 2.24) is 14.5 Å². The molecule has 0 fully saturated rings. The Morgan fingerprint density at radius 1 is 1.29 bits per heavy atom. The maximum absolute atomic E-state index is 11.8. The number of rotatable bonds is 2. The summed E-state index contributed by atoms with van der Waals surface area (Å²) in [7, 11) is 0. The molecule has 2 aromatic rings. The van der Waals surface area contributed by atoms with Gasteiger partial charge >= 0.3 is 0 Å². The van der Waals surface area contributed by atoms with Gasteiger partial charge in [0, 0.05) is 12.4 Å². The molecule has 0 aromatic carbocycles. The summed E-state index contributed by atoms with van der Waals surface area (Å²) < 4.78 is 1.33. The Labute approximate surface area is 112 Å². The Bertz CT molecular complexity index is 612. The van der Waals surface area contributed by atoms with Crippen molar-refractivity contribution in [3.05, 3.63) is 55.9 Å². The fraction of sp³-hybridized carbons (Fsp3) is 0.100. The van der Waals surface area contributed by atoms with Gasteiger partial charge in [-0.25, -0.2) is 4.98 Å².